The minimum absolute atomic E-state index is 0.140. The van der Waals surface area contributed by atoms with Gasteiger partial charge < -0.3 is 19.3 Å². The smallest absolute Gasteiger partial charge is 0.350 e. The Bertz CT molecular complexity index is 933. The molecule has 0 saturated carbocycles. The van der Waals surface area contributed by atoms with Crippen LogP contribution in [0, 0.1) is 0 Å². The Hall–Kier alpha value is -3.20. The number of thiophene rings is 1. The number of aromatic nitrogens is 2. The van der Waals surface area contributed by atoms with E-state index >= 15 is 0 Å². The van der Waals surface area contributed by atoms with Crippen molar-refractivity contribution in [3.8, 4) is 17.1 Å². The van der Waals surface area contributed by atoms with Gasteiger partial charge in [0.2, 0.25) is 17.6 Å². The van der Waals surface area contributed by atoms with Crippen LogP contribution in [-0.4, -0.2) is 36.2 Å². The van der Waals surface area contributed by atoms with E-state index in [0.29, 0.717) is 22.3 Å². The largest absolute Gasteiger partial charge is 0.497 e. The van der Waals surface area contributed by atoms with E-state index in [1.165, 1.54) is 18.4 Å². The van der Waals surface area contributed by atoms with Crippen LogP contribution >= 0.6 is 11.3 Å². The number of nitrogens with one attached hydrogen (secondary N) is 1. The Morgan fingerprint density at radius 2 is 1.96 bits per heavy atom. The van der Waals surface area contributed by atoms with E-state index in [4.69, 9.17) is 9.26 Å². The fourth-order valence-electron chi connectivity index (χ4n) is 2.31. The predicted octanol–water partition coefficient (Wildman–Crippen LogP) is 3.16. The van der Waals surface area contributed by atoms with Crippen LogP contribution in [0.5, 0.6) is 5.75 Å². The third kappa shape index (κ3) is 4.50. The highest BCUT2D eigenvalue weighted by atomic mass is 32.1. The molecule has 0 aliphatic heterocycles. The maximum atomic E-state index is 12.1. The average molecular weight is 387 g/mol. The lowest BCUT2D eigenvalue weighted by Gasteiger charge is -2.04. The summed E-state index contributed by atoms with van der Waals surface area (Å²) in [4.78, 5) is 28.4. The summed E-state index contributed by atoms with van der Waals surface area (Å²) in [5.74, 6) is 0.788. The fraction of sp³-hybridized carbons (Fsp3) is 0.222. The lowest BCUT2D eigenvalue weighted by molar-refractivity contribution is -0.116. The molecule has 0 spiro atoms. The van der Waals surface area contributed by atoms with Crippen molar-refractivity contribution in [2.24, 2.45) is 0 Å². The second-order valence-corrected chi connectivity index (χ2v) is 6.36. The van der Waals surface area contributed by atoms with Crippen LogP contribution in [0.4, 0.5) is 5.69 Å². The van der Waals surface area contributed by atoms with Crippen molar-refractivity contribution >= 4 is 28.9 Å². The molecule has 0 atom stereocenters. The minimum Gasteiger partial charge on any atom is -0.497 e. The minimum atomic E-state index is -0.485. The molecular weight excluding hydrogens is 370 g/mol. The summed E-state index contributed by atoms with van der Waals surface area (Å²) in [6, 6.07) is 8.91. The highest BCUT2D eigenvalue weighted by Crippen LogP contribution is 2.23. The van der Waals surface area contributed by atoms with Crippen LogP contribution < -0.4 is 10.1 Å². The first kappa shape index (κ1) is 18.6. The molecule has 2 heterocycles. The zero-order chi connectivity index (χ0) is 19.2. The standard InChI is InChI=1S/C18H17N3O5S/c1-24-12-5-3-11(4-6-12)17-20-15(26-21-17)8-7-14(22)19-13-9-10-27-16(13)18(23)25-2/h3-6,9-10H,7-8H2,1-2H3,(H,19,22). The topological polar surface area (TPSA) is 104 Å². The summed E-state index contributed by atoms with van der Waals surface area (Å²) in [7, 11) is 2.89. The molecule has 2 aromatic heterocycles. The van der Waals surface area contributed by atoms with Gasteiger partial charge in [-0.1, -0.05) is 5.16 Å². The Morgan fingerprint density at radius 1 is 1.19 bits per heavy atom. The zero-order valence-corrected chi connectivity index (χ0v) is 15.5. The summed E-state index contributed by atoms with van der Waals surface area (Å²) in [5.41, 5.74) is 1.22. The summed E-state index contributed by atoms with van der Waals surface area (Å²) in [6.45, 7) is 0. The van der Waals surface area contributed by atoms with Crippen molar-refractivity contribution in [3.05, 3.63) is 46.5 Å². The number of ether oxygens (including phenoxy) is 2. The van der Waals surface area contributed by atoms with Gasteiger partial charge in [0.25, 0.3) is 0 Å². The van der Waals surface area contributed by atoms with Crippen molar-refractivity contribution in [3.63, 3.8) is 0 Å². The van der Waals surface area contributed by atoms with Gasteiger partial charge in [0.15, 0.2) is 0 Å². The molecule has 0 radical (unpaired) electrons. The first-order valence-electron chi connectivity index (χ1n) is 8.03. The van der Waals surface area contributed by atoms with E-state index in [-0.39, 0.29) is 18.7 Å². The number of esters is 1. The molecular formula is C18H17N3O5S. The van der Waals surface area contributed by atoms with E-state index < -0.39 is 5.97 Å². The fourth-order valence-corrected chi connectivity index (χ4v) is 3.07. The number of aryl methyl sites for hydroxylation is 1. The summed E-state index contributed by atoms with van der Waals surface area (Å²) in [5, 5.41) is 8.33. The molecule has 0 saturated heterocycles. The van der Waals surface area contributed by atoms with Crippen LogP contribution in [0.3, 0.4) is 0 Å². The number of anilines is 1. The number of rotatable bonds is 7. The number of carbonyl (C=O) groups excluding carboxylic acids is 2. The maximum absolute atomic E-state index is 12.1. The van der Waals surface area contributed by atoms with Crippen LogP contribution in [0.1, 0.15) is 22.0 Å². The Kier molecular flexibility index (Phi) is 5.82. The van der Waals surface area contributed by atoms with E-state index in [1.54, 1.807) is 30.7 Å². The van der Waals surface area contributed by atoms with Crippen LogP contribution in [0.2, 0.25) is 0 Å². The SMILES string of the molecule is COC(=O)c1sccc1NC(=O)CCc1nc(-c2ccc(OC)cc2)no1. The molecule has 0 unspecified atom stereocenters. The monoisotopic (exact) mass is 387 g/mol. The van der Waals surface area contributed by atoms with Gasteiger partial charge in [0.05, 0.1) is 19.9 Å². The van der Waals surface area contributed by atoms with E-state index in [2.05, 4.69) is 20.2 Å². The Balaban J connectivity index is 1.57. The summed E-state index contributed by atoms with van der Waals surface area (Å²) >= 11 is 1.20. The first-order chi connectivity index (χ1) is 13.1. The summed E-state index contributed by atoms with van der Waals surface area (Å²) < 4.78 is 15.0. The van der Waals surface area contributed by atoms with Gasteiger partial charge in [-0.3, -0.25) is 4.79 Å². The van der Waals surface area contributed by atoms with Crippen LogP contribution in [-0.2, 0) is 16.0 Å². The number of nitrogens with zero attached hydrogens (tertiary/aromatic N) is 2. The lowest BCUT2D eigenvalue weighted by Crippen LogP contribution is -2.14. The number of amides is 1. The van der Waals surface area contributed by atoms with Crippen LogP contribution in [0.25, 0.3) is 11.4 Å². The molecule has 140 valence electrons. The second kappa shape index (κ2) is 8.45. The predicted molar refractivity (Wildman–Crippen MR) is 98.9 cm³/mol. The number of methoxy groups -OCH3 is 2. The van der Waals surface area contributed by atoms with Crippen molar-refractivity contribution < 1.29 is 23.6 Å². The average Bonchev–Trinajstić information content (AvgIpc) is 3.35. The van der Waals surface area contributed by atoms with Gasteiger partial charge in [-0.15, -0.1) is 11.3 Å². The van der Waals surface area contributed by atoms with Crippen molar-refractivity contribution in [2.45, 2.75) is 12.8 Å². The molecule has 1 N–H and O–H groups in total. The molecule has 0 aliphatic rings. The number of carbonyl (C=O) groups is 2. The van der Waals surface area contributed by atoms with Crippen molar-refractivity contribution in [1.29, 1.82) is 0 Å². The molecule has 1 aromatic carbocycles. The molecule has 8 nitrogen and oxygen atoms in total. The van der Waals surface area contributed by atoms with Crippen molar-refractivity contribution in [1.82, 2.24) is 10.1 Å². The lowest BCUT2D eigenvalue weighted by atomic mass is 10.2. The number of benzene rings is 1. The van der Waals surface area contributed by atoms with Gasteiger partial charge >= 0.3 is 5.97 Å². The zero-order valence-electron chi connectivity index (χ0n) is 14.7. The molecule has 3 rings (SSSR count). The van der Waals surface area contributed by atoms with Gasteiger partial charge in [0, 0.05) is 18.4 Å². The maximum Gasteiger partial charge on any atom is 0.350 e. The van der Waals surface area contributed by atoms with Gasteiger partial charge in [0.1, 0.15) is 10.6 Å². The number of hydrogen-bond acceptors (Lipinski definition) is 8. The third-order valence-electron chi connectivity index (χ3n) is 3.69. The van der Waals surface area contributed by atoms with Gasteiger partial charge in [-0.25, -0.2) is 4.79 Å². The molecule has 0 aliphatic carbocycles. The molecule has 1 amide bonds. The highest BCUT2D eigenvalue weighted by Gasteiger charge is 2.16. The first-order valence-corrected chi connectivity index (χ1v) is 8.91. The van der Waals surface area contributed by atoms with Gasteiger partial charge in [-0.05, 0) is 35.7 Å². The van der Waals surface area contributed by atoms with E-state index in [0.717, 1.165) is 11.3 Å². The van der Waals surface area contributed by atoms with Crippen molar-refractivity contribution in [2.75, 3.05) is 19.5 Å². The summed E-state index contributed by atoms with van der Waals surface area (Å²) in [6.07, 6.45) is 0.424. The number of hydrogen-bond donors (Lipinski definition) is 1. The Morgan fingerprint density at radius 3 is 2.67 bits per heavy atom. The third-order valence-corrected chi connectivity index (χ3v) is 4.59. The molecule has 0 bridgehead atoms. The highest BCUT2D eigenvalue weighted by molar-refractivity contribution is 7.12. The molecule has 3 aromatic rings. The van der Waals surface area contributed by atoms with Crippen LogP contribution in [0.15, 0.2) is 40.2 Å². The molecule has 9 heteroatoms. The Labute approximate surface area is 159 Å². The van der Waals surface area contributed by atoms with E-state index in [9.17, 15) is 9.59 Å². The second-order valence-electron chi connectivity index (χ2n) is 5.44. The molecule has 27 heavy (non-hydrogen) atoms. The molecule has 0 fully saturated rings. The quantitative estimate of drug-likeness (QED) is 0.621. The van der Waals surface area contributed by atoms with Gasteiger partial charge in [-0.2, -0.15) is 4.98 Å². The normalized spacial score (nSPS) is 10.4. The van der Waals surface area contributed by atoms with E-state index in [1.807, 2.05) is 12.1 Å².